The first-order chi connectivity index (χ1) is 13.7. The van der Waals surface area contributed by atoms with Gasteiger partial charge in [0.15, 0.2) is 0 Å². The van der Waals surface area contributed by atoms with Crippen LogP contribution >= 0.6 is 0 Å². The van der Waals surface area contributed by atoms with Crippen molar-refractivity contribution in [1.82, 2.24) is 14.0 Å². The van der Waals surface area contributed by atoms with Crippen molar-refractivity contribution in [1.29, 1.82) is 0 Å². The largest absolute Gasteiger partial charge is 0.497 e. The van der Waals surface area contributed by atoms with Crippen molar-refractivity contribution in [3.63, 3.8) is 0 Å². The van der Waals surface area contributed by atoms with E-state index in [-0.39, 0.29) is 11.5 Å². The summed E-state index contributed by atoms with van der Waals surface area (Å²) in [6.45, 7) is 0.455. The Morgan fingerprint density at radius 3 is 2.71 bits per heavy atom. The molecule has 0 fully saturated rings. The van der Waals surface area contributed by atoms with Crippen molar-refractivity contribution in [3.05, 3.63) is 71.4 Å². The van der Waals surface area contributed by atoms with Gasteiger partial charge in [0.1, 0.15) is 11.3 Å². The molecule has 1 N–H and O–H groups in total. The number of pyridine rings is 1. The van der Waals surface area contributed by atoms with Crippen LogP contribution in [0.25, 0.3) is 16.6 Å². The van der Waals surface area contributed by atoms with Crippen LogP contribution in [0.15, 0.2) is 65.8 Å². The Labute approximate surface area is 161 Å². The van der Waals surface area contributed by atoms with Crippen LogP contribution in [0.4, 0.5) is 5.69 Å². The van der Waals surface area contributed by atoms with Gasteiger partial charge in [-0.1, -0.05) is 0 Å². The fourth-order valence-corrected chi connectivity index (χ4v) is 3.32. The Kier molecular flexibility index (Phi) is 4.80. The lowest BCUT2D eigenvalue weighted by molar-refractivity contribution is -0.116. The van der Waals surface area contributed by atoms with Crippen LogP contribution < -0.4 is 15.6 Å². The molecule has 1 aromatic carbocycles. The summed E-state index contributed by atoms with van der Waals surface area (Å²) in [4.78, 5) is 29.2. The molecule has 0 radical (unpaired) electrons. The number of hydrogen-bond donors (Lipinski definition) is 1. The van der Waals surface area contributed by atoms with Crippen molar-refractivity contribution < 1.29 is 9.53 Å². The molecule has 7 nitrogen and oxygen atoms in total. The lowest BCUT2D eigenvalue weighted by atomic mass is 10.2. The number of nitrogens with one attached hydrogen (secondary N) is 1. The Balaban J connectivity index is 1.48. The second kappa shape index (κ2) is 7.56. The van der Waals surface area contributed by atoms with Gasteiger partial charge < -0.3 is 19.0 Å². The molecule has 4 aromatic rings. The molecule has 0 aliphatic heterocycles. The Hall–Kier alpha value is -3.61. The highest BCUT2D eigenvalue weighted by Crippen LogP contribution is 2.16. The van der Waals surface area contributed by atoms with Crippen LogP contribution in [0.1, 0.15) is 12.8 Å². The van der Waals surface area contributed by atoms with E-state index in [2.05, 4.69) is 10.3 Å². The first kappa shape index (κ1) is 17.8. The van der Waals surface area contributed by atoms with Gasteiger partial charge in [-0.05, 0) is 48.9 Å². The van der Waals surface area contributed by atoms with E-state index < -0.39 is 0 Å². The van der Waals surface area contributed by atoms with Gasteiger partial charge in [-0.25, -0.2) is 0 Å². The third-order valence-corrected chi connectivity index (χ3v) is 4.70. The van der Waals surface area contributed by atoms with Crippen molar-refractivity contribution in [3.8, 4) is 5.75 Å². The molecule has 0 saturated heterocycles. The summed E-state index contributed by atoms with van der Waals surface area (Å²) in [5, 5.41) is 2.86. The molecular weight excluding hydrogens is 356 g/mol. The molecule has 0 atom stereocenters. The van der Waals surface area contributed by atoms with E-state index in [1.54, 1.807) is 54.4 Å². The van der Waals surface area contributed by atoms with Crippen molar-refractivity contribution in [2.45, 2.75) is 19.4 Å². The zero-order chi connectivity index (χ0) is 19.5. The highest BCUT2D eigenvalue weighted by Gasteiger charge is 2.11. The molecule has 0 aliphatic rings. The molecule has 3 aromatic heterocycles. The first-order valence-corrected chi connectivity index (χ1v) is 9.05. The molecule has 4 rings (SSSR count). The van der Waals surface area contributed by atoms with E-state index in [1.165, 1.54) is 0 Å². The van der Waals surface area contributed by atoms with E-state index in [0.717, 1.165) is 16.8 Å². The molecule has 0 spiro atoms. The highest BCUT2D eigenvalue weighted by molar-refractivity contribution is 5.90. The summed E-state index contributed by atoms with van der Waals surface area (Å²) in [6, 6.07) is 12.6. The number of benzene rings is 1. The zero-order valence-electron chi connectivity index (χ0n) is 15.5. The third-order valence-electron chi connectivity index (χ3n) is 4.70. The van der Waals surface area contributed by atoms with Crippen LogP contribution in [0.2, 0.25) is 0 Å². The number of hydrogen-bond acceptors (Lipinski definition) is 4. The highest BCUT2D eigenvalue weighted by atomic mass is 16.5. The van der Waals surface area contributed by atoms with E-state index in [0.29, 0.717) is 30.6 Å². The monoisotopic (exact) mass is 376 g/mol. The fraction of sp³-hybridized carbons (Fsp3) is 0.190. The van der Waals surface area contributed by atoms with Crippen molar-refractivity contribution >= 4 is 28.1 Å². The third kappa shape index (κ3) is 3.34. The number of nitrogens with zero attached hydrogens (tertiary/aromatic N) is 3. The maximum Gasteiger partial charge on any atom is 0.275 e. The molecule has 1 amide bonds. The minimum absolute atomic E-state index is 0.0701. The molecule has 3 heterocycles. The number of aromatic nitrogens is 3. The maximum atomic E-state index is 12.8. The SMILES string of the molecule is COc1ccc(NC(=O)CCCn2c(=O)c3cccn3c3cnccc32)cc1. The lowest BCUT2D eigenvalue weighted by Gasteiger charge is -2.12. The molecule has 0 unspecified atom stereocenters. The molecular formula is C21H20N4O3. The summed E-state index contributed by atoms with van der Waals surface area (Å²) >= 11 is 0. The molecule has 7 heteroatoms. The predicted octanol–water partition coefficient (Wildman–Crippen LogP) is 3.08. The lowest BCUT2D eigenvalue weighted by Crippen LogP contribution is -2.23. The number of carbonyl (C=O) groups excluding carboxylic acids is 1. The van der Waals surface area contributed by atoms with E-state index in [9.17, 15) is 9.59 Å². The number of fused-ring (bicyclic) bond motifs is 3. The number of amides is 1. The van der Waals surface area contributed by atoms with Crippen LogP contribution in [0, 0.1) is 0 Å². The van der Waals surface area contributed by atoms with Crippen LogP contribution in [0.3, 0.4) is 0 Å². The predicted molar refractivity (Wildman–Crippen MR) is 108 cm³/mol. The fourth-order valence-electron chi connectivity index (χ4n) is 3.32. The smallest absolute Gasteiger partial charge is 0.275 e. The van der Waals surface area contributed by atoms with Crippen LogP contribution in [0.5, 0.6) is 5.75 Å². The maximum absolute atomic E-state index is 12.8. The van der Waals surface area contributed by atoms with E-state index in [1.807, 2.05) is 22.7 Å². The van der Waals surface area contributed by atoms with Crippen molar-refractivity contribution in [2.75, 3.05) is 12.4 Å². The number of aryl methyl sites for hydroxylation is 1. The van der Waals surface area contributed by atoms with Gasteiger partial charge in [0.2, 0.25) is 5.91 Å². The summed E-state index contributed by atoms with van der Waals surface area (Å²) in [6.07, 6.45) is 6.14. The van der Waals surface area contributed by atoms with Crippen LogP contribution in [-0.4, -0.2) is 27.0 Å². The summed E-state index contributed by atoms with van der Waals surface area (Å²) in [5.74, 6) is 0.646. The van der Waals surface area contributed by atoms with Crippen molar-refractivity contribution in [2.24, 2.45) is 0 Å². The molecule has 142 valence electrons. The normalized spacial score (nSPS) is 11.0. The summed E-state index contributed by atoms with van der Waals surface area (Å²) in [7, 11) is 1.60. The summed E-state index contributed by atoms with van der Waals surface area (Å²) < 4.78 is 8.67. The number of rotatable bonds is 6. The van der Waals surface area contributed by atoms with E-state index >= 15 is 0 Å². The Bertz CT molecular complexity index is 1190. The first-order valence-electron chi connectivity index (χ1n) is 9.05. The number of carbonyl (C=O) groups is 1. The second-order valence-corrected chi connectivity index (χ2v) is 6.46. The van der Waals surface area contributed by atoms with Gasteiger partial charge in [-0.3, -0.25) is 14.6 Å². The van der Waals surface area contributed by atoms with Gasteiger partial charge in [-0.15, -0.1) is 0 Å². The standard InChI is InChI=1S/C21H20N4O3/c1-28-16-8-6-15(7-9-16)23-20(26)5-3-13-25-17-10-11-22-14-19(17)24-12-2-4-18(24)21(25)27/h2,4,6-12,14H,3,5,13H2,1H3,(H,23,26). The minimum Gasteiger partial charge on any atom is -0.497 e. The topological polar surface area (TPSA) is 77.6 Å². The quantitative estimate of drug-likeness (QED) is 0.561. The Morgan fingerprint density at radius 1 is 1.11 bits per heavy atom. The van der Waals surface area contributed by atoms with Crippen LogP contribution in [-0.2, 0) is 11.3 Å². The minimum atomic E-state index is -0.0899. The number of ether oxygens (including phenoxy) is 1. The zero-order valence-corrected chi connectivity index (χ0v) is 15.5. The number of anilines is 1. The van der Waals surface area contributed by atoms with E-state index in [4.69, 9.17) is 4.74 Å². The van der Waals surface area contributed by atoms with Gasteiger partial charge in [0.05, 0.1) is 24.3 Å². The summed E-state index contributed by atoms with van der Waals surface area (Å²) in [5.41, 5.74) is 2.92. The molecule has 0 bridgehead atoms. The van der Waals surface area contributed by atoms with Gasteiger partial charge >= 0.3 is 0 Å². The average Bonchev–Trinajstić information content (AvgIpc) is 3.21. The molecule has 0 saturated carbocycles. The molecule has 28 heavy (non-hydrogen) atoms. The Morgan fingerprint density at radius 2 is 1.93 bits per heavy atom. The second-order valence-electron chi connectivity index (χ2n) is 6.46. The molecule has 0 aliphatic carbocycles. The van der Waals surface area contributed by atoms with Gasteiger partial charge in [0.25, 0.3) is 5.56 Å². The number of methoxy groups -OCH3 is 1. The average molecular weight is 376 g/mol. The van der Waals surface area contributed by atoms with Gasteiger partial charge in [-0.2, -0.15) is 0 Å². The van der Waals surface area contributed by atoms with Gasteiger partial charge in [0, 0.05) is 31.0 Å².